The highest BCUT2D eigenvalue weighted by molar-refractivity contribution is 4.80. The van der Waals surface area contributed by atoms with E-state index < -0.39 is 34.1 Å². The Labute approximate surface area is 92.2 Å². The van der Waals surface area contributed by atoms with Crippen LogP contribution >= 0.6 is 0 Å². The topological polar surface area (TPSA) is 127 Å². The van der Waals surface area contributed by atoms with Crippen molar-refractivity contribution in [3.8, 4) is 0 Å². The molecule has 0 aromatic carbocycles. The zero-order valence-electron chi connectivity index (χ0n) is 9.15. The van der Waals surface area contributed by atoms with E-state index in [9.17, 15) is 30.4 Å². The van der Waals surface area contributed by atoms with Gasteiger partial charge >= 0.3 is 0 Å². The van der Waals surface area contributed by atoms with Gasteiger partial charge in [-0.1, -0.05) is 13.8 Å². The van der Waals surface area contributed by atoms with Gasteiger partial charge in [0.1, 0.15) is 0 Å². The van der Waals surface area contributed by atoms with Gasteiger partial charge in [0, 0.05) is 22.7 Å². The number of aliphatic hydroxyl groups excluding tert-OH is 2. The summed E-state index contributed by atoms with van der Waals surface area (Å²) in [5.41, 5.74) is 0. The Kier molecular flexibility index (Phi) is 5.83. The molecular formula is C8H16N2O6. The minimum Gasteiger partial charge on any atom is -0.383 e. The summed E-state index contributed by atoms with van der Waals surface area (Å²) in [7, 11) is 0. The highest BCUT2D eigenvalue weighted by Gasteiger charge is 2.42. The van der Waals surface area contributed by atoms with Gasteiger partial charge in [-0.05, 0) is 0 Å². The van der Waals surface area contributed by atoms with Crippen molar-refractivity contribution in [1.82, 2.24) is 0 Å². The Hall–Kier alpha value is -1.28. The zero-order chi connectivity index (χ0) is 12.9. The first-order chi connectivity index (χ1) is 7.36. The molecular weight excluding hydrogens is 220 g/mol. The largest absolute Gasteiger partial charge is 0.383 e. The van der Waals surface area contributed by atoms with Crippen LogP contribution in [0.5, 0.6) is 0 Å². The molecule has 0 spiro atoms. The van der Waals surface area contributed by atoms with E-state index in [1.54, 1.807) is 0 Å². The second-order valence-corrected chi connectivity index (χ2v) is 3.50. The fraction of sp³-hybridized carbons (Fsp3) is 1.00. The van der Waals surface area contributed by atoms with Gasteiger partial charge in [0.15, 0.2) is 12.2 Å². The van der Waals surface area contributed by atoms with Crippen LogP contribution in [-0.2, 0) is 0 Å². The van der Waals surface area contributed by atoms with E-state index in [1.165, 1.54) is 13.8 Å². The lowest BCUT2D eigenvalue weighted by molar-refractivity contribution is -0.558. The van der Waals surface area contributed by atoms with Crippen LogP contribution in [0.15, 0.2) is 0 Å². The van der Waals surface area contributed by atoms with E-state index in [2.05, 4.69) is 0 Å². The van der Waals surface area contributed by atoms with Gasteiger partial charge < -0.3 is 10.2 Å². The molecule has 0 saturated carbocycles. The summed E-state index contributed by atoms with van der Waals surface area (Å²) in [6, 6.07) is -2.77. The molecule has 0 bridgehead atoms. The highest BCUT2D eigenvalue weighted by Crippen LogP contribution is 2.14. The quantitative estimate of drug-likeness (QED) is 0.466. The summed E-state index contributed by atoms with van der Waals surface area (Å²) in [5.74, 6) is 0. The predicted molar refractivity (Wildman–Crippen MR) is 54.2 cm³/mol. The molecule has 8 heteroatoms. The molecule has 8 nitrogen and oxygen atoms in total. The molecule has 0 aromatic rings. The number of hydrogen-bond acceptors (Lipinski definition) is 6. The van der Waals surface area contributed by atoms with E-state index in [1.807, 2.05) is 0 Å². The number of rotatable bonds is 7. The summed E-state index contributed by atoms with van der Waals surface area (Å²) in [5, 5.41) is 40.0. The minimum atomic E-state index is -1.73. The maximum Gasteiger partial charge on any atom is 0.241 e. The molecule has 0 aliphatic carbocycles. The molecule has 16 heavy (non-hydrogen) atoms. The fourth-order valence-corrected chi connectivity index (χ4v) is 1.49. The first-order valence-corrected chi connectivity index (χ1v) is 4.99. The van der Waals surface area contributed by atoms with Gasteiger partial charge in [0.05, 0.1) is 0 Å². The van der Waals surface area contributed by atoms with Crippen LogP contribution < -0.4 is 0 Å². The van der Waals surface area contributed by atoms with Crippen molar-refractivity contribution >= 4 is 0 Å². The number of nitro groups is 2. The van der Waals surface area contributed by atoms with Crippen LogP contribution in [0.3, 0.4) is 0 Å². The zero-order valence-corrected chi connectivity index (χ0v) is 9.15. The van der Waals surface area contributed by atoms with Crippen LogP contribution in [-0.4, -0.2) is 44.4 Å². The fourth-order valence-electron chi connectivity index (χ4n) is 1.49. The monoisotopic (exact) mass is 236 g/mol. The average molecular weight is 236 g/mol. The van der Waals surface area contributed by atoms with Gasteiger partial charge in [-0.2, -0.15) is 0 Å². The van der Waals surface area contributed by atoms with E-state index in [0.29, 0.717) is 0 Å². The number of aliphatic hydroxyl groups is 2. The number of nitrogens with zero attached hydrogens (tertiary/aromatic N) is 2. The maximum absolute atomic E-state index is 10.5. The molecule has 4 atom stereocenters. The molecule has 0 fully saturated rings. The van der Waals surface area contributed by atoms with Crippen molar-refractivity contribution in [2.24, 2.45) is 0 Å². The lowest BCUT2D eigenvalue weighted by atomic mass is 9.97. The maximum atomic E-state index is 10.5. The SMILES string of the molecule is CC[C@H]([C@H](O)[C@H](O)[C@H](CC)[N+](=O)[O-])[N+](=O)[O-]. The van der Waals surface area contributed by atoms with Crippen LogP contribution in [0.1, 0.15) is 26.7 Å². The van der Waals surface area contributed by atoms with Crippen LogP contribution in [0.4, 0.5) is 0 Å². The molecule has 0 aliphatic rings. The molecule has 0 unspecified atom stereocenters. The van der Waals surface area contributed by atoms with Crippen LogP contribution in [0.25, 0.3) is 0 Å². The third-order valence-corrected chi connectivity index (χ3v) is 2.52. The Bertz CT molecular complexity index is 233. The van der Waals surface area contributed by atoms with E-state index in [0.717, 1.165) is 0 Å². The van der Waals surface area contributed by atoms with Crippen LogP contribution in [0.2, 0.25) is 0 Å². The van der Waals surface area contributed by atoms with Crippen LogP contribution in [0, 0.1) is 20.2 Å². The van der Waals surface area contributed by atoms with Gasteiger partial charge in [0.25, 0.3) is 0 Å². The number of hydrogen-bond donors (Lipinski definition) is 2. The predicted octanol–water partition coefficient (Wildman–Crippen LogP) is -0.181. The highest BCUT2D eigenvalue weighted by atomic mass is 16.6. The van der Waals surface area contributed by atoms with E-state index >= 15 is 0 Å². The minimum absolute atomic E-state index is 0.000620. The summed E-state index contributed by atoms with van der Waals surface area (Å²) in [6.45, 7) is 2.94. The Morgan fingerprint density at radius 1 is 0.938 bits per heavy atom. The molecule has 0 saturated heterocycles. The second-order valence-electron chi connectivity index (χ2n) is 3.50. The molecule has 0 aromatic heterocycles. The first kappa shape index (κ1) is 14.7. The van der Waals surface area contributed by atoms with Crippen molar-refractivity contribution in [2.75, 3.05) is 0 Å². The lowest BCUT2D eigenvalue weighted by Crippen LogP contribution is -2.49. The smallest absolute Gasteiger partial charge is 0.241 e. The summed E-state index contributed by atoms with van der Waals surface area (Å²) in [4.78, 5) is 19.6. The van der Waals surface area contributed by atoms with E-state index in [-0.39, 0.29) is 12.8 Å². The third kappa shape index (κ3) is 3.38. The Morgan fingerprint density at radius 3 is 1.31 bits per heavy atom. The summed E-state index contributed by atoms with van der Waals surface area (Å²) >= 11 is 0. The van der Waals surface area contributed by atoms with Crippen molar-refractivity contribution in [1.29, 1.82) is 0 Å². The van der Waals surface area contributed by atoms with Gasteiger partial charge in [0.2, 0.25) is 12.1 Å². The van der Waals surface area contributed by atoms with Crippen molar-refractivity contribution in [2.45, 2.75) is 51.0 Å². The Morgan fingerprint density at radius 2 is 1.19 bits per heavy atom. The molecule has 2 N–H and O–H groups in total. The molecule has 0 radical (unpaired) electrons. The molecule has 0 rings (SSSR count). The summed E-state index contributed by atoms with van der Waals surface area (Å²) < 4.78 is 0. The normalized spacial score (nSPS) is 18.5. The first-order valence-electron chi connectivity index (χ1n) is 4.99. The van der Waals surface area contributed by atoms with Crippen molar-refractivity contribution < 1.29 is 20.1 Å². The molecule has 0 heterocycles. The average Bonchev–Trinajstić information content (AvgIpc) is 2.18. The molecule has 0 amide bonds. The standard InChI is InChI=1S/C8H16N2O6/c1-3-5(9(13)14)7(11)8(12)6(4-2)10(15)16/h5-8,11-12H,3-4H2,1-2H3/t5-,6+,7+,8-. The third-order valence-electron chi connectivity index (χ3n) is 2.52. The summed E-state index contributed by atoms with van der Waals surface area (Å²) in [6.07, 6.45) is -3.45. The van der Waals surface area contributed by atoms with Gasteiger partial charge in [-0.25, -0.2) is 0 Å². The molecule has 0 aliphatic heterocycles. The second kappa shape index (κ2) is 6.33. The van der Waals surface area contributed by atoms with Crippen molar-refractivity contribution in [3.63, 3.8) is 0 Å². The lowest BCUT2D eigenvalue weighted by Gasteiger charge is -2.22. The Balaban J connectivity index is 4.74. The molecule has 94 valence electrons. The van der Waals surface area contributed by atoms with E-state index in [4.69, 9.17) is 0 Å². The van der Waals surface area contributed by atoms with Gasteiger partial charge in [-0.3, -0.25) is 20.2 Å². The van der Waals surface area contributed by atoms with Crippen molar-refractivity contribution in [3.05, 3.63) is 20.2 Å². The van der Waals surface area contributed by atoms with Gasteiger partial charge in [-0.15, -0.1) is 0 Å².